The molecule has 17 heavy (non-hydrogen) atoms. The monoisotopic (exact) mass is 295 g/mol. The molecule has 0 spiro atoms. The number of nitrogens with one attached hydrogen (secondary N) is 1. The summed E-state index contributed by atoms with van der Waals surface area (Å²) in [4.78, 5) is 0. The van der Waals surface area contributed by atoms with Gasteiger partial charge < -0.3 is 5.32 Å². The first-order valence-electron chi connectivity index (χ1n) is 6.38. The molecule has 1 aliphatic carbocycles. The van der Waals surface area contributed by atoms with Crippen molar-refractivity contribution in [3.63, 3.8) is 0 Å². The maximum atomic E-state index is 3.65. The van der Waals surface area contributed by atoms with Crippen LogP contribution in [0.1, 0.15) is 39.2 Å². The Bertz CT molecular complexity index is 388. The van der Waals surface area contributed by atoms with Crippen LogP contribution in [0.2, 0.25) is 0 Å². The van der Waals surface area contributed by atoms with E-state index in [0.717, 1.165) is 6.54 Å². The highest BCUT2D eigenvalue weighted by molar-refractivity contribution is 9.10. The van der Waals surface area contributed by atoms with Crippen molar-refractivity contribution in [2.45, 2.75) is 45.6 Å². The lowest BCUT2D eigenvalue weighted by molar-refractivity contribution is 0.356. The second-order valence-corrected chi connectivity index (χ2v) is 7.33. The van der Waals surface area contributed by atoms with E-state index >= 15 is 0 Å². The summed E-state index contributed by atoms with van der Waals surface area (Å²) in [5.74, 6) is 0. The largest absolute Gasteiger partial charge is 0.312 e. The Balaban J connectivity index is 1.94. The molecular formula is C15H22BrN. The van der Waals surface area contributed by atoms with Crippen molar-refractivity contribution < 1.29 is 0 Å². The minimum absolute atomic E-state index is 0.229. The first-order chi connectivity index (χ1) is 7.89. The van der Waals surface area contributed by atoms with Crippen molar-refractivity contribution in [2.75, 3.05) is 6.54 Å². The average Bonchev–Trinajstić information content (AvgIpc) is 2.95. The Kier molecular flexibility index (Phi) is 3.65. The van der Waals surface area contributed by atoms with Gasteiger partial charge in [-0.2, -0.15) is 0 Å². The Hall–Kier alpha value is -0.340. The fourth-order valence-corrected chi connectivity index (χ4v) is 2.57. The molecule has 1 aromatic rings. The molecule has 94 valence electrons. The van der Waals surface area contributed by atoms with Crippen molar-refractivity contribution in [2.24, 2.45) is 5.41 Å². The lowest BCUT2D eigenvalue weighted by atomic mass is 9.95. The van der Waals surface area contributed by atoms with Crippen LogP contribution in [0.3, 0.4) is 0 Å². The lowest BCUT2D eigenvalue weighted by Gasteiger charge is -2.25. The molecule has 0 heterocycles. The molecular weight excluding hydrogens is 274 g/mol. The van der Waals surface area contributed by atoms with Crippen molar-refractivity contribution in [1.29, 1.82) is 0 Å². The van der Waals surface area contributed by atoms with Gasteiger partial charge >= 0.3 is 0 Å². The third kappa shape index (κ3) is 4.11. The quantitative estimate of drug-likeness (QED) is 0.879. The summed E-state index contributed by atoms with van der Waals surface area (Å²) in [7, 11) is 0. The van der Waals surface area contributed by atoms with E-state index in [1.807, 2.05) is 0 Å². The van der Waals surface area contributed by atoms with E-state index in [-0.39, 0.29) is 5.54 Å². The topological polar surface area (TPSA) is 12.0 Å². The van der Waals surface area contributed by atoms with Gasteiger partial charge in [-0.15, -0.1) is 0 Å². The molecule has 2 heteroatoms. The lowest BCUT2D eigenvalue weighted by Crippen LogP contribution is -2.40. The highest BCUT2D eigenvalue weighted by Crippen LogP contribution is 2.48. The zero-order valence-electron chi connectivity index (χ0n) is 11.0. The number of halogens is 1. The van der Waals surface area contributed by atoms with Crippen LogP contribution in [0.25, 0.3) is 0 Å². The van der Waals surface area contributed by atoms with Gasteiger partial charge in [-0.25, -0.2) is 0 Å². The van der Waals surface area contributed by atoms with Crippen LogP contribution in [-0.4, -0.2) is 12.1 Å². The molecule has 0 aromatic heterocycles. The fraction of sp³-hybridized carbons (Fsp3) is 0.600. The van der Waals surface area contributed by atoms with Crippen LogP contribution in [-0.2, 0) is 6.42 Å². The maximum Gasteiger partial charge on any atom is 0.0177 e. The zero-order chi connectivity index (χ0) is 12.5. The van der Waals surface area contributed by atoms with E-state index in [0.29, 0.717) is 5.41 Å². The Labute approximate surface area is 113 Å². The first kappa shape index (κ1) is 13.1. The average molecular weight is 296 g/mol. The molecule has 1 nitrogen and oxygen atoms in total. The molecule has 2 rings (SSSR count). The van der Waals surface area contributed by atoms with Gasteiger partial charge in [0.2, 0.25) is 0 Å². The maximum absolute atomic E-state index is 3.65. The van der Waals surface area contributed by atoms with Gasteiger partial charge in [0, 0.05) is 16.6 Å². The van der Waals surface area contributed by atoms with Crippen LogP contribution in [0.4, 0.5) is 0 Å². The summed E-state index contributed by atoms with van der Waals surface area (Å²) in [6.45, 7) is 7.86. The third-order valence-electron chi connectivity index (χ3n) is 3.42. The van der Waals surface area contributed by atoms with E-state index in [1.165, 1.54) is 29.3 Å². The SMILES string of the molecule is CC(C)(C)NCC1(Cc2cccc(Br)c2)CC1. The molecule has 0 unspecified atom stereocenters. The second kappa shape index (κ2) is 4.74. The molecule has 0 radical (unpaired) electrons. The molecule has 0 bridgehead atoms. The number of hydrogen-bond donors (Lipinski definition) is 1. The van der Waals surface area contributed by atoms with E-state index in [2.05, 4.69) is 66.3 Å². The number of rotatable bonds is 4. The van der Waals surface area contributed by atoms with Crippen LogP contribution in [0, 0.1) is 5.41 Å². The highest BCUT2D eigenvalue weighted by Gasteiger charge is 2.42. The van der Waals surface area contributed by atoms with Crippen molar-refractivity contribution in [3.8, 4) is 0 Å². The molecule has 0 aliphatic heterocycles. The fourth-order valence-electron chi connectivity index (χ4n) is 2.13. The minimum Gasteiger partial charge on any atom is -0.312 e. The van der Waals surface area contributed by atoms with Gasteiger partial charge in [0.1, 0.15) is 0 Å². The molecule has 0 saturated heterocycles. The summed E-state index contributed by atoms with van der Waals surface area (Å²) in [6, 6.07) is 8.71. The smallest absolute Gasteiger partial charge is 0.0177 e. The Morgan fingerprint density at radius 3 is 2.53 bits per heavy atom. The summed E-state index contributed by atoms with van der Waals surface area (Å²) in [5, 5.41) is 3.65. The normalized spacial score (nSPS) is 18.1. The van der Waals surface area contributed by atoms with Gasteiger partial charge in [-0.05, 0) is 63.1 Å². The minimum atomic E-state index is 0.229. The zero-order valence-corrected chi connectivity index (χ0v) is 12.6. The van der Waals surface area contributed by atoms with E-state index in [9.17, 15) is 0 Å². The summed E-state index contributed by atoms with van der Waals surface area (Å²) in [5.41, 5.74) is 2.20. The third-order valence-corrected chi connectivity index (χ3v) is 3.91. The Morgan fingerprint density at radius 1 is 1.29 bits per heavy atom. The van der Waals surface area contributed by atoms with Gasteiger partial charge in [-0.3, -0.25) is 0 Å². The standard InChI is InChI=1S/C15H22BrN/c1-14(2,3)17-11-15(7-8-15)10-12-5-4-6-13(16)9-12/h4-6,9,17H,7-8,10-11H2,1-3H3. The van der Waals surface area contributed by atoms with E-state index in [4.69, 9.17) is 0 Å². The predicted octanol–water partition coefficient (Wildman–Crippen LogP) is 4.16. The number of hydrogen-bond acceptors (Lipinski definition) is 1. The highest BCUT2D eigenvalue weighted by atomic mass is 79.9. The van der Waals surface area contributed by atoms with Gasteiger partial charge in [-0.1, -0.05) is 28.1 Å². The van der Waals surface area contributed by atoms with Gasteiger partial charge in [0.25, 0.3) is 0 Å². The van der Waals surface area contributed by atoms with Crippen molar-refractivity contribution in [1.82, 2.24) is 5.32 Å². The van der Waals surface area contributed by atoms with Gasteiger partial charge in [0.15, 0.2) is 0 Å². The van der Waals surface area contributed by atoms with E-state index < -0.39 is 0 Å². The van der Waals surface area contributed by atoms with Crippen LogP contribution in [0.15, 0.2) is 28.7 Å². The molecule has 1 N–H and O–H groups in total. The number of benzene rings is 1. The van der Waals surface area contributed by atoms with Crippen LogP contribution >= 0.6 is 15.9 Å². The van der Waals surface area contributed by atoms with Crippen molar-refractivity contribution >= 4 is 15.9 Å². The molecule has 1 aromatic carbocycles. The van der Waals surface area contributed by atoms with Crippen molar-refractivity contribution in [3.05, 3.63) is 34.3 Å². The molecule has 1 fully saturated rings. The van der Waals surface area contributed by atoms with E-state index in [1.54, 1.807) is 0 Å². The van der Waals surface area contributed by atoms with Crippen LogP contribution < -0.4 is 5.32 Å². The molecule has 0 atom stereocenters. The molecule has 0 amide bonds. The second-order valence-electron chi connectivity index (χ2n) is 6.41. The van der Waals surface area contributed by atoms with Gasteiger partial charge in [0.05, 0.1) is 0 Å². The molecule has 1 saturated carbocycles. The summed E-state index contributed by atoms with van der Waals surface area (Å²) < 4.78 is 1.19. The summed E-state index contributed by atoms with van der Waals surface area (Å²) >= 11 is 3.55. The van der Waals surface area contributed by atoms with Crippen LogP contribution in [0.5, 0.6) is 0 Å². The first-order valence-corrected chi connectivity index (χ1v) is 7.17. The Morgan fingerprint density at radius 2 is 2.00 bits per heavy atom. The predicted molar refractivity (Wildman–Crippen MR) is 77.3 cm³/mol. The molecule has 1 aliphatic rings. The summed E-state index contributed by atoms with van der Waals surface area (Å²) in [6.07, 6.45) is 3.93.